The van der Waals surface area contributed by atoms with Crippen LogP contribution in [0.1, 0.15) is 16.7 Å². The molecule has 0 aliphatic heterocycles. The summed E-state index contributed by atoms with van der Waals surface area (Å²) in [5.41, 5.74) is 2.17. The predicted molar refractivity (Wildman–Crippen MR) is 117 cm³/mol. The molecule has 0 atom stereocenters. The molecule has 0 aliphatic rings. The van der Waals surface area contributed by atoms with Crippen molar-refractivity contribution >= 4 is 11.0 Å². The lowest BCUT2D eigenvalue weighted by Crippen LogP contribution is -2.05. The number of phenolic OH excluding ortho intramolecular Hbond substituents is 3. The number of aromatic hydroxyl groups is 4. The number of hydrogen-bond acceptors (Lipinski definition) is 7. The third-order valence-electron chi connectivity index (χ3n) is 5.04. The smallest absolute Gasteiger partial charge is 0.238 e. The molecule has 0 spiro atoms. The minimum absolute atomic E-state index is 0.0651. The molecule has 7 heteroatoms. The SMILES string of the molecule is CNCc1cccc(Cc2cc(-c3oc4cc(O)cc(O)c4c(=O)c3O)ccc2O)c1. The lowest BCUT2D eigenvalue weighted by atomic mass is 9.99. The summed E-state index contributed by atoms with van der Waals surface area (Å²) < 4.78 is 5.66. The van der Waals surface area contributed by atoms with Crippen molar-refractivity contribution in [3.05, 3.63) is 81.5 Å². The van der Waals surface area contributed by atoms with Gasteiger partial charge in [-0.25, -0.2) is 0 Å². The second kappa shape index (κ2) is 8.04. The molecule has 0 saturated carbocycles. The van der Waals surface area contributed by atoms with E-state index in [9.17, 15) is 25.2 Å². The lowest BCUT2D eigenvalue weighted by Gasteiger charge is -2.11. The van der Waals surface area contributed by atoms with Crippen LogP contribution in [0.4, 0.5) is 0 Å². The second-order valence-corrected chi connectivity index (χ2v) is 7.32. The van der Waals surface area contributed by atoms with Crippen LogP contribution >= 0.6 is 0 Å². The van der Waals surface area contributed by atoms with Crippen LogP contribution in [0.2, 0.25) is 0 Å². The van der Waals surface area contributed by atoms with Crippen LogP contribution in [0.15, 0.2) is 63.8 Å². The van der Waals surface area contributed by atoms with E-state index in [2.05, 4.69) is 5.32 Å². The Bertz CT molecular complexity index is 1340. The largest absolute Gasteiger partial charge is 0.508 e. The monoisotopic (exact) mass is 419 g/mol. The van der Waals surface area contributed by atoms with E-state index < -0.39 is 16.9 Å². The molecule has 3 aromatic carbocycles. The fourth-order valence-electron chi connectivity index (χ4n) is 3.61. The summed E-state index contributed by atoms with van der Waals surface area (Å²) in [5.74, 6) is -1.48. The summed E-state index contributed by atoms with van der Waals surface area (Å²) >= 11 is 0. The zero-order chi connectivity index (χ0) is 22.1. The maximum absolute atomic E-state index is 12.6. The van der Waals surface area contributed by atoms with Crippen LogP contribution in [0.5, 0.6) is 23.0 Å². The third kappa shape index (κ3) is 3.91. The first-order chi connectivity index (χ1) is 14.9. The molecule has 4 rings (SSSR count). The summed E-state index contributed by atoms with van der Waals surface area (Å²) in [4.78, 5) is 12.6. The van der Waals surface area contributed by atoms with Gasteiger partial charge in [-0.2, -0.15) is 0 Å². The molecule has 4 aromatic rings. The normalized spacial score (nSPS) is 11.1. The van der Waals surface area contributed by atoms with Crippen molar-refractivity contribution in [1.82, 2.24) is 5.32 Å². The zero-order valence-corrected chi connectivity index (χ0v) is 16.7. The number of hydrogen-bond donors (Lipinski definition) is 5. The van der Waals surface area contributed by atoms with Crippen molar-refractivity contribution in [3.8, 4) is 34.3 Å². The highest BCUT2D eigenvalue weighted by Crippen LogP contribution is 2.36. The van der Waals surface area contributed by atoms with Gasteiger partial charge in [-0.15, -0.1) is 0 Å². The predicted octanol–water partition coefficient (Wildman–Crippen LogP) is 3.59. The fourth-order valence-corrected chi connectivity index (χ4v) is 3.61. The number of fused-ring (bicyclic) bond motifs is 1. The van der Waals surface area contributed by atoms with Gasteiger partial charge in [0.1, 0.15) is 28.2 Å². The van der Waals surface area contributed by atoms with E-state index in [4.69, 9.17) is 4.42 Å². The van der Waals surface area contributed by atoms with Crippen molar-refractivity contribution in [2.24, 2.45) is 0 Å². The Balaban J connectivity index is 1.80. The van der Waals surface area contributed by atoms with E-state index in [0.717, 1.165) is 23.7 Å². The molecular weight excluding hydrogens is 398 g/mol. The first-order valence-electron chi connectivity index (χ1n) is 9.64. The Hall–Kier alpha value is -3.97. The molecule has 0 bridgehead atoms. The van der Waals surface area contributed by atoms with Crippen LogP contribution in [-0.2, 0) is 13.0 Å². The van der Waals surface area contributed by atoms with Gasteiger partial charge in [-0.3, -0.25) is 4.79 Å². The van der Waals surface area contributed by atoms with Crippen molar-refractivity contribution < 1.29 is 24.8 Å². The lowest BCUT2D eigenvalue weighted by molar-refractivity contribution is 0.438. The topological polar surface area (TPSA) is 123 Å². The highest BCUT2D eigenvalue weighted by Gasteiger charge is 2.19. The molecule has 31 heavy (non-hydrogen) atoms. The quantitative estimate of drug-likeness (QED) is 0.335. The van der Waals surface area contributed by atoms with E-state index in [1.165, 1.54) is 18.2 Å². The Morgan fingerprint density at radius 3 is 2.45 bits per heavy atom. The van der Waals surface area contributed by atoms with Crippen molar-refractivity contribution in [1.29, 1.82) is 0 Å². The molecule has 0 fully saturated rings. The molecule has 7 nitrogen and oxygen atoms in total. The number of rotatable bonds is 5. The third-order valence-corrected chi connectivity index (χ3v) is 5.04. The standard InChI is InChI=1S/C24H21NO6/c1-25-12-14-4-2-3-13(7-14)8-16-9-15(5-6-18(16)27)24-23(30)22(29)21-19(28)10-17(26)11-20(21)31-24/h2-7,9-11,25-28,30H,8,12H2,1H3. The van der Waals surface area contributed by atoms with Crippen LogP contribution in [0.25, 0.3) is 22.3 Å². The van der Waals surface area contributed by atoms with Gasteiger partial charge in [0.05, 0.1) is 0 Å². The summed E-state index contributed by atoms with van der Waals surface area (Å²) in [6.07, 6.45) is 0.428. The maximum Gasteiger partial charge on any atom is 0.238 e. The minimum atomic E-state index is -0.817. The summed E-state index contributed by atoms with van der Waals surface area (Å²) in [5, 5.41) is 43.3. The molecular formula is C24H21NO6. The zero-order valence-electron chi connectivity index (χ0n) is 16.7. The molecule has 1 heterocycles. The van der Waals surface area contributed by atoms with Crippen LogP contribution in [0, 0.1) is 0 Å². The van der Waals surface area contributed by atoms with Gasteiger partial charge >= 0.3 is 0 Å². The molecule has 0 saturated heterocycles. The first kappa shape index (κ1) is 20.3. The minimum Gasteiger partial charge on any atom is -0.508 e. The molecule has 158 valence electrons. The van der Waals surface area contributed by atoms with Gasteiger partial charge in [0.25, 0.3) is 0 Å². The van der Waals surface area contributed by atoms with Crippen molar-refractivity contribution in [2.45, 2.75) is 13.0 Å². The van der Waals surface area contributed by atoms with Gasteiger partial charge in [0, 0.05) is 30.7 Å². The van der Waals surface area contributed by atoms with Gasteiger partial charge in [0.15, 0.2) is 5.76 Å². The molecule has 0 aliphatic carbocycles. The van der Waals surface area contributed by atoms with Crippen molar-refractivity contribution in [3.63, 3.8) is 0 Å². The molecule has 0 radical (unpaired) electrons. The Labute approximate surface area is 177 Å². The fraction of sp³-hybridized carbons (Fsp3) is 0.125. The van der Waals surface area contributed by atoms with E-state index in [1.54, 1.807) is 6.07 Å². The highest BCUT2D eigenvalue weighted by atomic mass is 16.4. The van der Waals surface area contributed by atoms with Gasteiger partial charge in [0.2, 0.25) is 11.2 Å². The summed E-state index contributed by atoms with van der Waals surface area (Å²) in [6, 6.07) is 14.7. The van der Waals surface area contributed by atoms with E-state index >= 15 is 0 Å². The van der Waals surface area contributed by atoms with Gasteiger partial charge < -0.3 is 30.2 Å². The summed E-state index contributed by atoms with van der Waals surface area (Å²) in [6.45, 7) is 0.718. The average Bonchev–Trinajstić information content (AvgIpc) is 2.72. The van der Waals surface area contributed by atoms with Crippen LogP contribution < -0.4 is 10.7 Å². The first-order valence-corrected chi connectivity index (χ1v) is 9.64. The second-order valence-electron chi connectivity index (χ2n) is 7.32. The maximum atomic E-state index is 12.6. The van der Waals surface area contributed by atoms with E-state index in [0.29, 0.717) is 17.5 Å². The van der Waals surface area contributed by atoms with Gasteiger partial charge in [-0.05, 0) is 41.9 Å². The van der Waals surface area contributed by atoms with E-state index in [-0.39, 0.29) is 28.2 Å². The number of nitrogens with one attached hydrogen (secondary N) is 1. The Kier molecular flexibility index (Phi) is 5.27. The molecule has 1 aromatic heterocycles. The molecule has 5 N–H and O–H groups in total. The van der Waals surface area contributed by atoms with Gasteiger partial charge in [-0.1, -0.05) is 24.3 Å². The van der Waals surface area contributed by atoms with Crippen molar-refractivity contribution in [2.75, 3.05) is 7.05 Å². The molecule has 0 unspecified atom stereocenters. The van der Waals surface area contributed by atoms with Crippen LogP contribution in [-0.4, -0.2) is 27.5 Å². The number of benzene rings is 3. The van der Waals surface area contributed by atoms with E-state index in [1.807, 2.05) is 31.3 Å². The summed E-state index contributed by atoms with van der Waals surface area (Å²) in [7, 11) is 1.87. The highest BCUT2D eigenvalue weighted by molar-refractivity contribution is 5.88. The average molecular weight is 419 g/mol. The Morgan fingerprint density at radius 1 is 0.903 bits per heavy atom. The number of phenols is 3. The molecule has 0 amide bonds. The Morgan fingerprint density at radius 2 is 1.68 bits per heavy atom. The van der Waals surface area contributed by atoms with Crippen LogP contribution in [0.3, 0.4) is 0 Å².